The lowest BCUT2D eigenvalue weighted by Crippen LogP contribution is -2.02. The van der Waals surface area contributed by atoms with E-state index >= 15 is 0 Å². The molecule has 2 aromatic heterocycles. The fourth-order valence-corrected chi connectivity index (χ4v) is 0.964. The average molecular weight is 175 g/mol. The summed E-state index contributed by atoms with van der Waals surface area (Å²) in [7, 11) is 0. The Hall–Kier alpha value is -2.16. The molecule has 64 valence electrons. The van der Waals surface area contributed by atoms with Crippen molar-refractivity contribution in [3.63, 3.8) is 0 Å². The highest BCUT2D eigenvalue weighted by Crippen LogP contribution is 1.99. The van der Waals surface area contributed by atoms with Gasteiger partial charge in [0.15, 0.2) is 5.82 Å². The Kier molecular flexibility index (Phi) is 1.77. The molecular weight excluding hydrogens is 170 g/mol. The summed E-state index contributed by atoms with van der Waals surface area (Å²) in [6, 6.07) is 1.95. The van der Waals surface area contributed by atoms with Crippen LogP contribution >= 0.6 is 0 Å². The molecule has 0 bridgehead atoms. The lowest BCUT2D eigenvalue weighted by Gasteiger charge is -1.96. The molecule has 0 aliphatic rings. The van der Waals surface area contributed by atoms with Crippen molar-refractivity contribution < 1.29 is 4.52 Å². The van der Waals surface area contributed by atoms with Gasteiger partial charge in [-0.15, -0.1) is 0 Å². The van der Waals surface area contributed by atoms with E-state index in [1.54, 1.807) is 17.0 Å². The molecule has 0 N–H and O–H groups in total. The molecule has 2 rings (SSSR count). The molecule has 6 heteroatoms. The Morgan fingerprint density at radius 2 is 2.46 bits per heavy atom. The van der Waals surface area contributed by atoms with Crippen LogP contribution in [0.4, 0.5) is 0 Å². The van der Waals surface area contributed by atoms with Gasteiger partial charge in [0.1, 0.15) is 6.07 Å². The lowest BCUT2D eigenvalue weighted by atomic mass is 10.5. The summed E-state index contributed by atoms with van der Waals surface area (Å²) < 4.78 is 6.20. The maximum absolute atomic E-state index is 8.64. The maximum atomic E-state index is 8.64. The van der Waals surface area contributed by atoms with Crippen LogP contribution < -0.4 is 0 Å². The first-order valence-electron chi connectivity index (χ1n) is 3.56. The van der Waals surface area contributed by atoms with Crippen molar-refractivity contribution in [2.45, 2.75) is 6.54 Å². The van der Waals surface area contributed by atoms with Crippen molar-refractivity contribution in [1.29, 1.82) is 5.26 Å². The fraction of sp³-hybridized carbons (Fsp3) is 0.143. The molecule has 13 heavy (non-hydrogen) atoms. The zero-order valence-corrected chi connectivity index (χ0v) is 6.58. The van der Waals surface area contributed by atoms with Crippen LogP contribution in [0.3, 0.4) is 0 Å². The summed E-state index contributed by atoms with van der Waals surface area (Å²) in [6.45, 7) is 0.402. The van der Waals surface area contributed by atoms with E-state index in [1.807, 2.05) is 6.07 Å². The van der Waals surface area contributed by atoms with Crippen molar-refractivity contribution in [3.05, 3.63) is 30.4 Å². The van der Waals surface area contributed by atoms with E-state index in [2.05, 4.69) is 19.6 Å². The normalized spacial score (nSPS) is 9.77. The Balaban J connectivity index is 2.24. The standard InChI is InChI=1S/C7H5N5O/c8-3-7-9-1-2-12(7)4-6-10-5-13-11-6/h1-2,5H,4H2. The molecule has 0 saturated carbocycles. The van der Waals surface area contributed by atoms with E-state index in [1.165, 1.54) is 6.39 Å². The van der Waals surface area contributed by atoms with Crippen molar-refractivity contribution >= 4 is 0 Å². The summed E-state index contributed by atoms with van der Waals surface area (Å²) in [5.74, 6) is 0.860. The van der Waals surface area contributed by atoms with Crippen LogP contribution in [0.2, 0.25) is 0 Å². The van der Waals surface area contributed by atoms with E-state index in [-0.39, 0.29) is 0 Å². The van der Waals surface area contributed by atoms with E-state index in [4.69, 9.17) is 5.26 Å². The highest BCUT2D eigenvalue weighted by atomic mass is 16.5. The molecule has 2 heterocycles. The van der Waals surface area contributed by atoms with Gasteiger partial charge in [0.25, 0.3) is 0 Å². The lowest BCUT2D eigenvalue weighted by molar-refractivity contribution is 0.408. The number of hydrogen-bond donors (Lipinski definition) is 0. The van der Waals surface area contributed by atoms with E-state index < -0.39 is 0 Å². The number of imidazole rings is 1. The van der Waals surface area contributed by atoms with Gasteiger partial charge < -0.3 is 9.09 Å². The molecule has 0 radical (unpaired) electrons. The predicted octanol–water partition coefficient (Wildman–Crippen LogP) is 0.186. The van der Waals surface area contributed by atoms with Crippen LogP contribution in [0.1, 0.15) is 11.6 Å². The van der Waals surface area contributed by atoms with E-state index in [0.29, 0.717) is 18.2 Å². The van der Waals surface area contributed by atoms with Crippen molar-refractivity contribution in [2.75, 3.05) is 0 Å². The molecule has 0 saturated heterocycles. The summed E-state index contributed by atoms with van der Waals surface area (Å²) in [5.41, 5.74) is 0. The van der Waals surface area contributed by atoms with Crippen LogP contribution in [0.15, 0.2) is 23.3 Å². The molecule has 2 aromatic rings. The smallest absolute Gasteiger partial charge is 0.213 e. The van der Waals surface area contributed by atoms with Crippen molar-refractivity contribution in [1.82, 2.24) is 19.7 Å². The van der Waals surface area contributed by atoms with Crippen LogP contribution in [0.5, 0.6) is 0 Å². The third kappa shape index (κ3) is 1.39. The van der Waals surface area contributed by atoms with Crippen LogP contribution in [-0.2, 0) is 6.54 Å². The maximum Gasteiger partial charge on any atom is 0.213 e. The SMILES string of the molecule is N#Cc1nccn1Cc1ncon1. The molecule has 6 nitrogen and oxygen atoms in total. The molecule has 0 spiro atoms. The summed E-state index contributed by atoms with van der Waals surface area (Å²) in [4.78, 5) is 7.66. The Labute approximate surface area is 73.4 Å². The van der Waals surface area contributed by atoms with Gasteiger partial charge in [-0.25, -0.2) is 4.98 Å². The second-order valence-corrected chi connectivity index (χ2v) is 2.34. The quantitative estimate of drug-likeness (QED) is 0.650. The molecular formula is C7H5N5O. The minimum Gasteiger partial charge on any atom is -0.343 e. The Morgan fingerprint density at radius 1 is 1.54 bits per heavy atom. The van der Waals surface area contributed by atoms with Gasteiger partial charge in [-0.05, 0) is 0 Å². The summed E-state index contributed by atoms with van der Waals surface area (Å²) in [5, 5.41) is 12.3. The topological polar surface area (TPSA) is 80.5 Å². The Bertz CT molecular complexity index is 424. The highest BCUT2D eigenvalue weighted by Gasteiger charge is 2.04. The van der Waals surface area contributed by atoms with E-state index in [9.17, 15) is 0 Å². The predicted molar refractivity (Wildman–Crippen MR) is 40.3 cm³/mol. The largest absolute Gasteiger partial charge is 0.343 e. The van der Waals surface area contributed by atoms with Gasteiger partial charge in [0.2, 0.25) is 12.2 Å². The van der Waals surface area contributed by atoms with Crippen LogP contribution in [0.25, 0.3) is 0 Å². The van der Waals surface area contributed by atoms with Crippen molar-refractivity contribution in [2.24, 2.45) is 0 Å². The number of nitriles is 1. The third-order valence-electron chi connectivity index (χ3n) is 1.53. The minimum atomic E-state index is 0.338. The fourth-order valence-electron chi connectivity index (χ4n) is 0.964. The minimum absolute atomic E-state index is 0.338. The highest BCUT2D eigenvalue weighted by molar-refractivity contribution is 5.12. The molecule has 0 aliphatic carbocycles. The van der Waals surface area contributed by atoms with Gasteiger partial charge in [0, 0.05) is 12.4 Å². The van der Waals surface area contributed by atoms with Crippen LogP contribution in [0, 0.1) is 11.3 Å². The molecule has 0 unspecified atom stereocenters. The van der Waals surface area contributed by atoms with Crippen LogP contribution in [-0.4, -0.2) is 19.7 Å². The zero-order chi connectivity index (χ0) is 9.10. The second kappa shape index (κ2) is 3.06. The summed E-state index contributed by atoms with van der Waals surface area (Å²) in [6.07, 6.45) is 4.49. The Morgan fingerprint density at radius 3 is 3.15 bits per heavy atom. The van der Waals surface area contributed by atoms with Gasteiger partial charge in [-0.1, -0.05) is 5.16 Å². The number of nitrogens with zero attached hydrogens (tertiary/aromatic N) is 5. The third-order valence-corrected chi connectivity index (χ3v) is 1.53. The first-order valence-corrected chi connectivity index (χ1v) is 3.56. The van der Waals surface area contributed by atoms with Crippen molar-refractivity contribution in [3.8, 4) is 6.07 Å². The van der Waals surface area contributed by atoms with E-state index in [0.717, 1.165) is 0 Å². The first kappa shape index (κ1) is 7.49. The number of aromatic nitrogens is 4. The monoisotopic (exact) mass is 175 g/mol. The number of hydrogen-bond acceptors (Lipinski definition) is 5. The second-order valence-electron chi connectivity index (χ2n) is 2.34. The van der Waals surface area contributed by atoms with Gasteiger partial charge >= 0.3 is 0 Å². The van der Waals surface area contributed by atoms with Gasteiger partial charge in [0.05, 0.1) is 6.54 Å². The number of rotatable bonds is 2. The zero-order valence-electron chi connectivity index (χ0n) is 6.58. The first-order chi connectivity index (χ1) is 6.40. The molecule has 0 amide bonds. The molecule has 0 aromatic carbocycles. The molecule has 0 atom stereocenters. The average Bonchev–Trinajstić information content (AvgIpc) is 2.76. The van der Waals surface area contributed by atoms with Gasteiger partial charge in [-0.3, -0.25) is 0 Å². The summed E-state index contributed by atoms with van der Waals surface area (Å²) >= 11 is 0. The molecule has 0 aliphatic heterocycles. The molecule has 0 fully saturated rings. The van der Waals surface area contributed by atoms with Gasteiger partial charge in [-0.2, -0.15) is 10.2 Å².